The number of pyridine rings is 1. The van der Waals surface area contributed by atoms with Gasteiger partial charge < -0.3 is 15.4 Å². The van der Waals surface area contributed by atoms with Crippen LogP contribution in [0.15, 0.2) is 60.9 Å². The second kappa shape index (κ2) is 12.5. The van der Waals surface area contributed by atoms with Crippen molar-refractivity contribution >= 4 is 35.1 Å². The van der Waals surface area contributed by atoms with Crippen LogP contribution < -0.4 is 10.6 Å². The number of anilines is 1. The Balaban J connectivity index is 1.46. The molecule has 2 N–H and O–H groups in total. The lowest BCUT2D eigenvalue weighted by molar-refractivity contribution is -0.139. The van der Waals surface area contributed by atoms with E-state index in [9.17, 15) is 18.8 Å². The van der Waals surface area contributed by atoms with Gasteiger partial charge in [-0.25, -0.2) is 9.07 Å². The molecule has 0 spiro atoms. The van der Waals surface area contributed by atoms with Crippen molar-refractivity contribution in [2.45, 2.75) is 45.1 Å². The fraction of sp³-hybridized carbons (Fsp3) is 0.258. The summed E-state index contributed by atoms with van der Waals surface area (Å²) in [5.41, 5.74) is 4.38. The molecule has 5 rings (SSSR count). The van der Waals surface area contributed by atoms with Crippen molar-refractivity contribution in [2.24, 2.45) is 0 Å². The summed E-state index contributed by atoms with van der Waals surface area (Å²) in [6, 6.07) is 13.3. The van der Waals surface area contributed by atoms with Gasteiger partial charge in [-0.05, 0) is 61.2 Å². The van der Waals surface area contributed by atoms with Crippen LogP contribution in [0.4, 0.5) is 10.1 Å². The van der Waals surface area contributed by atoms with E-state index in [1.807, 2.05) is 24.3 Å². The van der Waals surface area contributed by atoms with Gasteiger partial charge >= 0.3 is 5.97 Å². The van der Waals surface area contributed by atoms with Gasteiger partial charge in [0.1, 0.15) is 5.69 Å². The second-order valence-corrected chi connectivity index (χ2v) is 10.5. The second-order valence-electron chi connectivity index (χ2n) is 10.1. The molecule has 42 heavy (non-hydrogen) atoms. The maximum absolute atomic E-state index is 14.7. The van der Waals surface area contributed by atoms with Gasteiger partial charge in [0, 0.05) is 23.9 Å². The summed E-state index contributed by atoms with van der Waals surface area (Å²) >= 11 is 5.95. The Morgan fingerprint density at radius 3 is 2.83 bits per heavy atom. The zero-order valence-electron chi connectivity index (χ0n) is 23.1. The molecule has 216 valence electrons. The number of nitrogens with zero attached hydrogens (tertiary/aromatic N) is 3. The summed E-state index contributed by atoms with van der Waals surface area (Å²) < 4.78 is 20.8. The minimum absolute atomic E-state index is 0.0393. The predicted molar refractivity (Wildman–Crippen MR) is 156 cm³/mol. The molecule has 3 heterocycles. The summed E-state index contributed by atoms with van der Waals surface area (Å²) in [5, 5.41) is 10.3. The quantitative estimate of drug-likeness (QED) is 0.287. The zero-order chi connectivity index (χ0) is 29.8. The Morgan fingerprint density at radius 2 is 2.02 bits per heavy atom. The molecule has 1 aliphatic rings. The number of hydrogen-bond donors (Lipinski definition) is 2. The molecule has 0 saturated carbocycles. The first-order valence-corrected chi connectivity index (χ1v) is 13.9. The van der Waals surface area contributed by atoms with Crippen LogP contribution in [0, 0.1) is 12.7 Å². The summed E-state index contributed by atoms with van der Waals surface area (Å²) in [7, 11) is 1.33. The summed E-state index contributed by atoms with van der Waals surface area (Å²) in [6.07, 6.45) is 5.24. The van der Waals surface area contributed by atoms with E-state index >= 15 is 0 Å². The first-order valence-electron chi connectivity index (χ1n) is 13.5. The SMILES string of the molecule is COC(=O)Cc1ccc2c(c1)NC(=O)CCCC[C@H](NC(=O)c1cnn(-c3cccc(Cl)c3F)c1C)c1cc-2ccn1. The number of nitrogens with one attached hydrogen (secondary N) is 2. The minimum atomic E-state index is -0.626. The highest BCUT2D eigenvalue weighted by molar-refractivity contribution is 6.30. The fourth-order valence-corrected chi connectivity index (χ4v) is 5.18. The Morgan fingerprint density at radius 1 is 1.19 bits per heavy atom. The molecule has 4 aromatic rings. The molecule has 9 nitrogen and oxygen atoms in total. The normalized spacial score (nSPS) is 15.0. The molecule has 0 fully saturated rings. The number of benzene rings is 2. The Kier molecular flexibility index (Phi) is 8.63. The van der Waals surface area contributed by atoms with Gasteiger partial charge in [0.25, 0.3) is 5.91 Å². The number of aromatic nitrogens is 3. The molecule has 11 heteroatoms. The number of rotatable bonds is 5. The third kappa shape index (κ3) is 6.18. The lowest BCUT2D eigenvalue weighted by Gasteiger charge is -2.21. The number of halogens is 2. The summed E-state index contributed by atoms with van der Waals surface area (Å²) in [6.45, 7) is 1.69. The van der Waals surface area contributed by atoms with E-state index in [4.69, 9.17) is 16.3 Å². The van der Waals surface area contributed by atoms with Crippen LogP contribution in [0.25, 0.3) is 16.8 Å². The summed E-state index contributed by atoms with van der Waals surface area (Å²) in [5.74, 6) is -1.52. The molecular weight excluding hydrogens is 561 g/mol. The summed E-state index contributed by atoms with van der Waals surface area (Å²) in [4.78, 5) is 42.7. The average Bonchev–Trinajstić information content (AvgIpc) is 3.36. The molecule has 2 bridgehead atoms. The predicted octanol–water partition coefficient (Wildman–Crippen LogP) is 5.73. The highest BCUT2D eigenvalue weighted by Gasteiger charge is 2.23. The highest BCUT2D eigenvalue weighted by atomic mass is 35.5. The number of esters is 1. The van der Waals surface area contributed by atoms with Gasteiger partial charge in [-0.15, -0.1) is 0 Å². The monoisotopic (exact) mass is 589 g/mol. The standard InChI is InChI=1S/C31H29ClFN5O4/c1-18-22(17-35-38(18)27-8-5-6-23(32)30(27)33)31(41)37-24-7-3-4-9-28(39)36-25-14-19(15-29(40)42-2)10-11-21(25)20-12-13-34-26(24)16-20/h5-6,8,10-14,16-17,24H,3-4,7,9,15H2,1-2H3,(H,36,39)(H,37,41)/t24-/m0/s1. The van der Waals surface area contributed by atoms with E-state index in [1.54, 1.807) is 25.3 Å². The van der Waals surface area contributed by atoms with Crippen LogP contribution in [0.5, 0.6) is 0 Å². The van der Waals surface area contributed by atoms with Gasteiger partial charge in [-0.3, -0.25) is 19.4 Å². The molecular formula is C31H29ClFN5O4. The van der Waals surface area contributed by atoms with Crippen molar-refractivity contribution in [3.8, 4) is 16.8 Å². The van der Waals surface area contributed by atoms with E-state index in [0.717, 1.165) is 11.1 Å². The molecule has 2 aromatic carbocycles. The Labute approximate surface area is 247 Å². The van der Waals surface area contributed by atoms with Crippen LogP contribution >= 0.6 is 11.6 Å². The lowest BCUT2D eigenvalue weighted by Crippen LogP contribution is -2.29. The number of hydrogen-bond acceptors (Lipinski definition) is 6. The zero-order valence-corrected chi connectivity index (χ0v) is 23.9. The van der Waals surface area contributed by atoms with Gasteiger partial charge in [0.05, 0.1) is 47.7 Å². The molecule has 2 amide bonds. The number of ether oxygens (including phenoxy) is 1. The lowest BCUT2D eigenvalue weighted by atomic mass is 9.96. The van der Waals surface area contributed by atoms with Gasteiger partial charge in [-0.1, -0.05) is 36.2 Å². The van der Waals surface area contributed by atoms with E-state index in [1.165, 1.54) is 30.1 Å². The van der Waals surface area contributed by atoms with Gasteiger partial charge in [-0.2, -0.15) is 5.10 Å². The van der Waals surface area contributed by atoms with Crippen LogP contribution in [-0.2, 0) is 20.7 Å². The van der Waals surface area contributed by atoms with E-state index < -0.39 is 11.9 Å². The van der Waals surface area contributed by atoms with Gasteiger partial charge in [0.15, 0.2) is 5.82 Å². The third-order valence-electron chi connectivity index (χ3n) is 7.25. The first kappa shape index (κ1) is 28.9. The number of fused-ring (bicyclic) bond motifs is 4. The Hall–Kier alpha value is -4.57. The largest absolute Gasteiger partial charge is 0.469 e. The smallest absolute Gasteiger partial charge is 0.309 e. The van der Waals surface area contributed by atoms with Crippen molar-refractivity contribution in [1.82, 2.24) is 20.1 Å². The van der Waals surface area contributed by atoms with Crippen LogP contribution in [0.3, 0.4) is 0 Å². The van der Waals surface area contributed by atoms with E-state index in [-0.39, 0.29) is 34.9 Å². The van der Waals surface area contributed by atoms with Crippen molar-refractivity contribution in [3.63, 3.8) is 0 Å². The number of amides is 2. The van der Waals surface area contributed by atoms with Crippen molar-refractivity contribution in [2.75, 3.05) is 12.4 Å². The van der Waals surface area contributed by atoms with Crippen molar-refractivity contribution < 1.29 is 23.5 Å². The van der Waals surface area contributed by atoms with Crippen LogP contribution in [0.2, 0.25) is 5.02 Å². The molecule has 0 aliphatic carbocycles. The van der Waals surface area contributed by atoms with Crippen LogP contribution in [0.1, 0.15) is 59.0 Å². The van der Waals surface area contributed by atoms with E-state index in [0.29, 0.717) is 53.9 Å². The fourth-order valence-electron chi connectivity index (χ4n) is 5.01. The van der Waals surface area contributed by atoms with Crippen molar-refractivity contribution in [1.29, 1.82) is 0 Å². The minimum Gasteiger partial charge on any atom is -0.469 e. The molecule has 0 saturated heterocycles. The molecule has 0 unspecified atom stereocenters. The van der Waals surface area contributed by atoms with Crippen molar-refractivity contribution in [3.05, 3.63) is 94.3 Å². The number of carbonyl (C=O) groups excluding carboxylic acids is 3. The average molecular weight is 590 g/mol. The molecule has 1 aliphatic heterocycles. The Bertz CT molecular complexity index is 1670. The topological polar surface area (TPSA) is 115 Å². The number of methoxy groups -OCH3 is 1. The first-order chi connectivity index (χ1) is 20.2. The van der Waals surface area contributed by atoms with E-state index in [2.05, 4.69) is 20.7 Å². The molecule has 0 radical (unpaired) electrons. The molecule has 2 aromatic heterocycles. The maximum atomic E-state index is 14.7. The third-order valence-corrected chi connectivity index (χ3v) is 7.54. The molecule has 1 atom stereocenters. The number of carbonyl (C=O) groups is 3. The van der Waals surface area contributed by atoms with Gasteiger partial charge in [0.2, 0.25) is 5.91 Å². The maximum Gasteiger partial charge on any atom is 0.309 e. The highest BCUT2D eigenvalue weighted by Crippen LogP contribution is 2.32. The van der Waals surface area contributed by atoms with Crippen LogP contribution in [-0.4, -0.2) is 39.7 Å².